The molecule has 0 spiro atoms. The molecule has 102 valence electrons. The van der Waals surface area contributed by atoms with E-state index in [-0.39, 0.29) is 11.8 Å². The van der Waals surface area contributed by atoms with Crippen LogP contribution in [-0.2, 0) is 9.84 Å². The van der Waals surface area contributed by atoms with E-state index in [1.807, 2.05) is 37.4 Å². The molecule has 5 heteroatoms. The van der Waals surface area contributed by atoms with Crippen LogP contribution in [0.3, 0.4) is 0 Å². The van der Waals surface area contributed by atoms with Gasteiger partial charge in [0.15, 0.2) is 0 Å². The molecular weight excluding hydrogens is 260 g/mol. The summed E-state index contributed by atoms with van der Waals surface area (Å²) in [5.74, 6) is 0.176. The molecule has 0 bridgehead atoms. The maximum absolute atomic E-state index is 11.3. The molecule has 0 saturated heterocycles. The highest BCUT2D eigenvalue weighted by Gasteiger charge is 2.15. The van der Waals surface area contributed by atoms with Crippen molar-refractivity contribution < 1.29 is 8.42 Å². The van der Waals surface area contributed by atoms with E-state index in [1.54, 1.807) is 6.20 Å². The van der Waals surface area contributed by atoms with E-state index in [2.05, 4.69) is 10.3 Å². The van der Waals surface area contributed by atoms with Crippen molar-refractivity contribution in [2.24, 2.45) is 0 Å². The maximum Gasteiger partial charge on any atom is 0.147 e. The second-order valence-corrected chi connectivity index (χ2v) is 6.94. The molecule has 0 fully saturated rings. The van der Waals surface area contributed by atoms with Crippen LogP contribution in [0.2, 0.25) is 0 Å². The number of fused-ring (bicyclic) bond motifs is 1. The van der Waals surface area contributed by atoms with Gasteiger partial charge in [-0.25, -0.2) is 8.42 Å². The van der Waals surface area contributed by atoms with Gasteiger partial charge in [-0.1, -0.05) is 18.2 Å². The molecule has 0 aliphatic heterocycles. The van der Waals surface area contributed by atoms with E-state index in [0.717, 1.165) is 16.5 Å². The van der Waals surface area contributed by atoms with E-state index in [4.69, 9.17) is 0 Å². The van der Waals surface area contributed by atoms with E-state index in [0.29, 0.717) is 6.42 Å². The normalized spacial score (nSPS) is 13.6. The van der Waals surface area contributed by atoms with Gasteiger partial charge in [-0.3, -0.25) is 4.98 Å². The van der Waals surface area contributed by atoms with Crippen LogP contribution in [0.5, 0.6) is 0 Å². The average Bonchev–Trinajstić information content (AvgIpc) is 2.38. The minimum Gasteiger partial charge on any atom is -0.313 e. The third kappa shape index (κ3) is 3.52. The summed E-state index contributed by atoms with van der Waals surface area (Å²) in [5, 5.41) is 4.26. The van der Waals surface area contributed by atoms with Crippen molar-refractivity contribution in [3.05, 3.63) is 42.1 Å². The Morgan fingerprint density at radius 1 is 1.26 bits per heavy atom. The highest BCUT2D eigenvalue weighted by Crippen LogP contribution is 2.25. The Hall–Kier alpha value is -1.46. The van der Waals surface area contributed by atoms with Crippen molar-refractivity contribution in [3.8, 4) is 0 Å². The zero-order chi connectivity index (χ0) is 13.9. The van der Waals surface area contributed by atoms with Crippen molar-refractivity contribution in [3.63, 3.8) is 0 Å². The van der Waals surface area contributed by atoms with Crippen molar-refractivity contribution >= 4 is 20.7 Å². The van der Waals surface area contributed by atoms with Crippen LogP contribution >= 0.6 is 0 Å². The Morgan fingerprint density at radius 3 is 2.74 bits per heavy atom. The number of hydrogen-bond acceptors (Lipinski definition) is 4. The third-order valence-corrected chi connectivity index (χ3v) is 4.16. The highest BCUT2D eigenvalue weighted by molar-refractivity contribution is 7.90. The van der Waals surface area contributed by atoms with Gasteiger partial charge in [0.1, 0.15) is 9.84 Å². The first-order valence-corrected chi connectivity index (χ1v) is 8.26. The smallest absolute Gasteiger partial charge is 0.147 e. The molecule has 1 heterocycles. The highest BCUT2D eigenvalue weighted by atomic mass is 32.2. The summed E-state index contributed by atoms with van der Waals surface area (Å²) in [4.78, 5) is 4.32. The number of pyridine rings is 1. The molecule has 1 atom stereocenters. The number of hydrogen-bond donors (Lipinski definition) is 1. The lowest BCUT2D eigenvalue weighted by atomic mass is 9.99. The first-order chi connectivity index (χ1) is 9.01. The second-order valence-electron chi connectivity index (χ2n) is 4.68. The summed E-state index contributed by atoms with van der Waals surface area (Å²) >= 11 is 0. The van der Waals surface area contributed by atoms with Crippen LogP contribution in [0.4, 0.5) is 0 Å². The largest absolute Gasteiger partial charge is 0.313 e. The van der Waals surface area contributed by atoms with Crippen molar-refractivity contribution in [2.45, 2.75) is 12.5 Å². The quantitative estimate of drug-likeness (QED) is 0.908. The number of nitrogens with one attached hydrogen (secondary N) is 1. The lowest BCUT2D eigenvalue weighted by molar-refractivity contribution is 0.561. The van der Waals surface area contributed by atoms with Gasteiger partial charge in [-0.05, 0) is 31.2 Å². The van der Waals surface area contributed by atoms with Crippen LogP contribution in [-0.4, -0.2) is 32.5 Å². The molecule has 4 nitrogen and oxygen atoms in total. The minimum atomic E-state index is -2.95. The van der Waals surface area contributed by atoms with Crippen LogP contribution in [0, 0.1) is 0 Å². The van der Waals surface area contributed by atoms with Crippen molar-refractivity contribution in [1.29, 1.82) is 0 Å². The molecule has 19 heavy (non-hydrogen) atoms. The number of aromatic nitrogens is 1. The van der Waals surface area contributed by atoms with E-state index in [9.17, 15) is 8.42 Å². The van der Waals surface area contributed by atoms with E-state index >= 15 is 0 Å². The first kappa shape index (κ1) is 14.0. The molecule has 1 N–H and O–H groups in total. The lowest BCUT2D eigenvalue weighted by Gasteiger charge is -2.18. The number of nitrogens with zero attached hydrogens (tertiary/aromatic N) is 1. The van der Waals surface area contributed by atoms with Crippen LogP contribution < -0.4 is 5.32 Å². The Labute approximate surface area is 113 Å². The van der Waals surface area contributed by atoms with E-state index in [1.165, 1.54) is 6.26 Å². The predicted molar refractivity (Wildman–Crippen MR) is 77.9 cm³/mol. The van der Waals surface area contributed by atoms with Gasteiger partial charge in [0.2, 0.25) is 0 Å². The van der Waals surface area contributed by atoms with Gasteiger partial charge in [-0.2, -0.15) is 0 Å². The molecule has 0 aliphatic rings. The number of benzene rings is 1. The van der Waals surface area contributed by atoms with Crippen LogP contribution in [0.1, 0.15) is 18.0 Å². The monoisotopic (exact) mass is 278 g/mol. The molecule has 0 amide bonds. The molecule has 0 radical (unpaired) electrons. The predicted octanol–water partition coefficient (Wildman–Crippen LogP) is 1.93. The molecular formula is C14H18N2O2S. The third-order valence-electron chi connectivity index (χ3n) is 3.18. The summed E-state index contributed by atoms with van der Waals surface area (Å²) in [6, 6.07) is 9.87. The first-order valence-electron chi connectivity index (χ1n) is 6.20. The molecule has 1 unspecified atom stereocenters. The second kappa shape index (κ2) is 5.67. The Kier molecular flexibility index (Phi) is 4.17. The van der Waals surface area contributed by atoms with E-state index < -0.39 is 9.84 Å². The summed E-state index contributed by atoms with van der Waals surface area (Å²) in [6.07, 6.45) is 3.59. The number of sulfone groups is 1. The van der Waals surface area contributed by atoms with Gasteiger partial charge in [0.25, 0.3) is 0 Å². The topological polar surface area (TPSA) is 59.1 Å². The molecule has 0 saturated carbocycles. The fourth-order valence-electron chi connectivity index (χ4n) is 2.22. The summed E-state index contributed by atoms with van der Waals surface area (Å²) in [5.41, 5.74) is 2.02. The SMILES string of the molecule is CNC(CCS(C)(=O)=O)c1cccc2ncccc12. The molecule has 2 aromatic rings. The summed E-state index contributed by atoms with van der Waals surface area (Å²) in [6.45, 7) is 0. The summed E-state index contributed by atoms with van der Waals surface area (Å²) < 4.78 is 22.6. The summed E-state index contributed by atoms with van der Waals surface area (Å²) in [7, 11) is -1.10. The van der Waals surface area contributed by atoms with Crippen molar-refractivity contribution in [2.75, 3.05) is 19.1 Å². The van der Waals surface area contributed by atoms with Crippen LogP contribution in [0.15, 0.2) is 36.5 Å². The zero-order valence-electron chi connectivity index (χ0n) is 11.1. The Bertz CT molecular complexity index is 663. The number of rotatable bonds is 5. The zero-order valence-corrected chi connectivity index (χ0v) is 11.9. The molecule has 2 rings (SSSR count). The van der Waals surface area contributed by atoms with Gasteiger partial charge in [-0.15, -0.1) is 0 Å². The van der Waals surface area contributed by atoms with Crippen molar-refractivity contribution in [1.82, 2.24) is 10.3 Å². The average molecular weight is 278 g/mol. The fourth-order valence-corrected chi connectivity index (χ4v) is 2.88. The van der Waals surface area contributed by atoms with Gasteiger partial charge >= 0.3 is 0 Å². The van der Waals surface area contributed by atoms with Crippen LogP contribution in [0.25, 0.3) is 10.9 Å². The lowest BCUT2D eigenvalue weighted by Crippen LogP contribution is -2.20. The Morgan fingerprint density at radius 2 is 2.05 bits per heavy atom. The fraction of sp³-hybridized carbons (Fsp3) is 0.357. The maximum atomic E-state index is 11.3. The minimum absolute atomic E-state index is 0.0163. The van der Waals surface area contributed by atoms with Gasteiger partial charge in [0, 0.05) is 23.9 Å². The standard InChI is InChI=1S/C14H18N2O2S/c1-15-13(8-10-19(2,17)18)11-5-3-7-14-12(11)6-4-9-16-14/h3-7,9,13,15H,8,10H2,1-2H3. The molecule has 1 aromatic carbocycles. The Balaban J connectivity index is 2.35. The molecule has 1 aromatic heterocycles. The van der Waals surface area contributed by atoms with Gasteiger partial charge < -0.3 is 5.32 Å². The molecule has 0 aliphatic carbocycles. The van der Waals surface area contributed by atoms with Gasteiger partial charge in [0.05, 0.1) is 11.3 Å².